The summed E-state index contributed by atoms with van der Waals surface area (Å²) in [6.07, 6.45) is 5.69. The van der Waals surface area contributed by atoms with Crippen LogP contribution in [0.5, 0.6) is 0 Å². The number of carbonyl (C=O) groups excluding carboxylic acids is 1. The van der Waals surface area contributed by atoms with Gasteiger partial charge in [-0.1, -0.05) is 53.7 Å². The molecule has 0 saturated heterocycles. The number of aromatic carboxylic acids is 1. The highest BCUT2D eigenvalue weighted by atomic mass is 16.4. The van der Waals surface area contributed by atoms with Crippen molar-refractivity contribution in [2.75, 3.05) is 0 Å². The van der Waals surface area contributed by atoms with Gasteiger partial charge in [-0.15, -0.1) is 0 Å². The molecule has 1 fully saturated rings. The summed E-state index contributed by atoms with van der Waals surface area (Å²) >= 11 is 0. The SMILES string of the molecule is CC1=NC2(CCC(C(C)(C)C)CC2)N([C@H](CCC(C)(C)C)c2ccc(C(=O)O)cc2)C1=O. The Hall–Kier alpha value is -2.17. The average molecular weight is 441 g/mol. The minimum Gasteiger partial charge on any atom is -0.478 e. The van der Waals surface area contributed by atoms with E-state index in [-0.39, 0.29) is 28.3 Å². The molecule has 1 aliphatic carbocycles. The lowest BCUT2D eigenvalue weighted by molar-refractivity contribution is -0.134. The van der Waals surface area contributed by atoms with Crippen LogP contribution in [0, 0.1) is 16.7 Å². The van der Waals surface area contributed by atoms with Gasteiger partial charge in [0.2, 0.25) is 0 Å². The lowest BCUT2D eigenvalue weighted by Gasteiger charge is -2.48. The van der Waals surface area contributed by atoms with E-state index in [4.69, 9.17) is 4.99 Å². The van der Waals surface area contributed by atoms with Crippen molar-refractivity contribution in [3.05, 3.63) is 35.4 Å². The van der Waals surface area contributed by atoms with Crippen molar-refractivity contribution in [3.63, 3.8) is 0 Å². The van der Waals surface area contributed by atoms with Crippen LogP contribution in [0.25, 0.3) is 0 Å². The monoisotopic (exact) mass is 440 g/mol. The zero-order chi connectivity index (χ0) is 23.9. The predicted molar refractivity (Wildman–Crippen MR) is 129 cm³/mol. The maximum Gasteiger partial charge on any atom is 0.335 e. The quantitative estimate of drug-likeness (QED) is 0.569. The maximum absolute atomic E-state index is 13.5. The van der Waals surface area contributed by atoms with Gasteiger partial charge in [0.1, 0.15) is 5.66 Å². The van der Waals surface area contributed by atoms with E-state index < -0.39 is 11.6 Å². The van der Waals surface area contributed by atoms with Crippen molar-refractivity contribution in [2.45, 2.75) is 98.7 Å². The summed E-state index contributed by atoms with van der Waals surface area (Å²) in [6, 6.07) is 6.95. The predicted octanol–water partition coefficient (Wildman–Crippen LogP) is 6.49. The molecular weight excluding hydrogens is 400 g/mol. The topological polar surface area (TPSA) is 70.0 Å². The summed E-state index contributed by atoms with van der Waals surface area (Å²) in [6.45, 7) is 15.4. The van der Waals surface area contributed by atoms with Crippen LogP contribution in [0.4, 0.5) is 0 Å². The molecule has 1 N–H and O–H groups in total. The fourth-order valence-electron chi connectivity index (χ4n) is 5.37. The molecule has 2 aliphatic rings. The number of carboxylic acids is 1. The van der Waals surface area contributed by atoms with Gasteiger partial charge < -0.3 is 10.0 Å². The zero-order valence-corrected chi connectivity index (χ0v) is 20.9. The summed E-state index contributed by atoms with van der Waals surface area (Å²) in [7, 11) is 0. The maximum atomic E-state index is 13.5. The third-order valence-electron chi connectivity index (χ3n) is 7.39. The van der Waals surface area contributed by atoms with Gasteiger partial charge >= 0.3 is 5.97 Å². The Morgan fingerprint density at radius 3 is 2.16 bits per heavy atom. The van der Waals surface area contributed by atoms with Gasteiger partial charge in [0, 0.05) is 0 Å². The minimum atomic E-state index is -0.934. The van der Waals surface area contributed by atoms with Gasteiger partial charge in [0.15, 0.2) is 0 Å². The van der Waals surface area contributed by atoms with Crippen molar-refractivity contribution in [1.29, 1.82) is 0 Å². The van der Waals surface area contributed by atoms with Crippen molar-refractivity contribution in [1.82, 2.24) is 4.90 Å². The summed E-state index contributed by atoms with van der Waals surface area (Å²) in [5.41, 5.74) is 1.78. The van der Waals surface area contributed by atoms with Gasteiger partial charge in [0.25, 0.3) is 5.91 Å². The second kappa shape index (κ2) is 8.64. The number of nitrogens with zero attached hydrogens (tertiary/aromatic N) is 2. The first-order valence-electron chi connectivity index (χ1n) is 12.0. The molecule has 32 heavy (non-hydrogen) atoms. The molecule has 0 aromatic heterocycles. The van der Waals surface area contributed by atoms with E-state index in [1.54, 1.807) is 12.1 Å². The molecule has 176 valence electrons. The van der Waals surface area contributed by atoms with E-state index in [1.807, 2.05) is 19.1 Å². The van der Waals surface area contributed by atoms with Crippen LogP contribution in [-0.4, -0.2) is 33.3 Å². The Kier molecular flexibility index (Phi) is 6.61. The standard InChI is InChI=1S/C27H40N2O3/c1-18-23(30)29(27(28-18)16-12-21(13-17-27)26(5,6)7)22(14-15-25(2,3)4)19-8-10-20(11-9-19)24(31)32/h8-11,21-22H,12-17H2,1-7H3,(H,31,32)/t21?,22-,27?/m1/s1. The first-order chi connectivity index (χ1) is 14.7. The summed E-state index contributed by atoms with van der Waals surface area (Å²) in [5, 5.41) is 9.32. The molecule has 5 nitrogen and oxygen atoms in total. The van der Waals surface area contributed by atoms with Crippen LogP contribution in [0.3, 0.4) is 0 Å². The Morgan fingerprint density at radius 1 is 1.12 bits per heavy atom. The number of amides is 1. The molecule has 1 aliphatic heterocycles. The molecule has 3 rings (SSSR count). The summed E-state index contributed by atoms with van der Waals surface area (Å²) in [4.78, 5) is 31.9. The number of rotatable bonds is 5. The van der Waals surface area contributed by atoms with E-state index in [1.165, 1.54) is 0 Å². The van der Waals surface area contributed by atoms with Gasteiger partial charge in [-0.2, -0.15) is 0 Å². The molecular formula is C27H40N2O3. The Balaban J connectivity index is 1.97. The van der Waals surface area contributed by atoms with E-state index in [0.717, 1.165) is 44.1 Å². The Labute approximate surface area is 193 Å². The fourth-order valence-corrected chi connectivity index (χ4v) is 5.37. The molecule has 1 aromatic rings. The van der Waals surface area contributed by atoms with Crippen LogP contribution in [0.15, 0.2) is 29.3 Å². The van der Waals surface area contributed by atoms with Gasteiger partial charge in [-0.05, 0) is 79.9 Å². The lowest BCUT2D eigenvalue weighted by Crippen LogP contribution is -2.51. The first kappa shape index (κ1) is 24.5. The normalized spacial score (nSPS) is 25.2. The largest absolute Gasteiger partial charge is 0.478 e. The Bertz CT molecular complexity index is 879. The second-order valence-electron chi connectivity index (χ2n) is 12.0. The molecule has 1 atom stereocenters. The molecule has 0 bridgehead atoms. The van der Waals surface area contributed by atoms with Crippen molar-refractivity contribution in [3.8, 4) is 0 Å². The van der Waals surface area contributed by atoms with Crippen LogP contribution < -0.4 is 0 Å². The van der Waals surface area contributed by atoms with Crippen LogP contribution in [0.1, 0.15) is 109 Å². The molecule has 5 heteroatoms. The first-order valence-corrected chi connectivity index (χ1v) is 12.0. The smallest absolute Gasteiger partial charge is 0.335 e. The van der Waals surface area contributed by atoms with Gasteiger partial charge in [-0.3, -0.25) is 9.79 Å². The van der Waals surface area contributed by atoms with Crippen molar-refractivity contribution < 1.29 is 14.7 Å². The lowest BCUT2D eigenvalue weighted by atomic mass is 9.69. The van der Waals surface area contributed by atoms with Gasteiger partial charge in [0.05, 0.1) is 17.3 Å². The van der Waals surface area contributed by atoms with Crippen LogP contribution >= 0.6 is 0 Å². The molecule has 0 radical (unpaired) electrons. The molecule has 1 saturated carbocycles. The number of carboxylic acid groups (broad SMARTS) is 1. The number of hydrogen-bond acceptors (Lipinski definition) is 3. The van der Waals surface area contributed by atoms with Crippen LogP contribution in [-0.2, 0) is 4.79 Å². The van der Waals surface area contributed by atoms with E-state index in [0.29, 0.717) is 11.6 Å². The molecule has 1 aromatic carbocycles. The average Bonchev–Trinajstić information content (AvgIpc) is 2.91. The number of hydrogen-bond donors (Lipinski definition) is 1. The second-order valence-corrected chi connectivity index (χ2v) is 12.0. The van der Waals surface area contributed by atoms with E-state index >= 15 is 0 Å². The zero-order valence-electron chi connectivity index (χ0n) is 20.9. The molecule has 1 spiro atoms. The van der Waals surface area contributed by atoms with Crippen LogP contribution in [0.2, 0.25) is 0 Å². The number of carbonyl (C=O) groups is 2. The van der Waals surface area contributed by atoms with E-state index in [2.05, 4.69) is 46.4 Å². The fraction of sp³-hybridized carbons (Fsp3) is 0.667. The Morgan fingerprint density at radius 2 is 1.69 bits per heavy atom. The number of benzene rings is 1. The third-order valence-corrected chi connectivity index (χ3v) is 7.39. The number of aliphatic imine (C=N–C) groups is 1. The third kappa shape index (κ3) is 5.07. The highest BCUT2D eigenvalue weighted by Crippen LogP contribution is 2.49. The highest BCUT2D eigenvalue weighted by molar-refractivity contribution is 6.39. The summed E-state index contributed by atoms with van der Waals surface area (Å²) in [5.74, 6) is -0.277. The highest BCUT2D eigenvalue weighted by Gasteiger charge is 2.51. The minimum absolute atomic E-state index is 0.0282. The van der Waals surface area contributed by atoms with Gasteiger partial charge in [-0.25, -0.2) is 4.79 Å². The molecule has 1 amide bonds. The van der Waals surface area contributed by atoms with Crippen molar-refractivity contribution >= 4 is 17.6 Å². The summed E-state index contributed by atoms with van der Waals surface area (Å²) < 4.78 is 0. The van der Waals surface area contributed by atoms with Crippen molar-refractivity contribution in [2.24, 2.45) is 21.7 Å². The molecule has 0 unspecified atom stereocenters. The molecule has 1 heterocycles. The van der Waals surface area contributed by atoms with E-state index in [9.17, 15) is 14.7 Å².